The molecule has 0 bridgehead atoms. The number of imidazole rings is 1. The molecule has 0 fully saturated rings. The molecular weight excluding hydrogens is 388 g/mol. The summed E-state index contributed by atoms with van der Waals surface area (Å²) in [6.07, 6.45) is 1.76. The van der Waals surface area contributed by atoms with E-state index in [1.54, 1.807) is 6.08 Å². The number of thioether (sulfide) groups is 1. The summed E-state index contributed by atoms with van der Waals surface area (Å²) >= 11 is 7.12. The summed E-state index contributed by atoms with van der Waals surface area (Å²) in [5, 5.41) is 14.6. The molecule has 9 heteroatoms. The number of hydrogen-bond donors (Lipinski definition) is 1. The first kappa shape index (κ1) is 18.9. The zero-order valence-electron chi connectivity index (χ0n) is 14.1. The Hall–Kier alpha value is -2.84. The third kappa shape index (κ3) is 4.29. The van der Waals surface area contributed by atoms with E-state index in [0.29, 0.717) is 16.7 Å². The fraction of sp³-hybridized carbons (Fsp3) is 0.111. The molecular formula is C18H15ClN4O3S. The number of nitrogens with zero attached hydrogens (tertiary/aromatic N) is 3. The average molecular weight is 403 g/mol. The van der Waals surface area contributed by atoms with Gasteiger partial charge in [0.15, 0.2) is 5.16 Å². The Balaban J connectivity index is 1.76. The molecule has 27 heavy (non-hydrogen) atoms. The van der Waals surface area contributed by atoms with Crippen molar-refractivity contribution in [2.75, 3.05) is 11.1 Å². The van der Waals surface area contributed by atoms with Gasteiger partial charge in [-0.05, 0) is 24.3 Å². The van der Waals surface area contributed by atoms with E-state index in [9.17, 15) is 14.9 Å². The highest BCUT2D eigenvalue weighted by atomic mass is 35.5. The first-order valence-electron chi connectivity index (χ1n) is 7.92. The highest BCUT2D eigenvalue weighted by Crippen LogP contribution is 2.28. The number of halogens is 1. The van der Waals surface area contributed by atoms with Gasteiger partial charge in [0.05, 0.1) is 21.7 Å². The molecule has 0 unspecified atom stereocenters. The van der Waals surface area contributed by atoms with Crippen LogP contribution >= 0.6 is 23.4 Å². The zero-order valence-corrected chi connectivity index (χ0v) is 15.7. The van der Waals surface area contributed by atoms with E-state index in [-0.39, 0.29) is 23.0 Å². The number of anilines is 1. The van der Waals surface area contributed by atoms with Crippen molar-refractivity contribution in [3.63, 3.8) is 0 Å². The molecule has 138 valence electrons. The minimum absolute atomic E-state index is 0.0458. The fourth-order valence-electron chi connectivity index (χ4n) is 2.55. The largest absolute Gasteiger partial charge is 0.320 e. The number of nitro benzene ring substituents is 1. The Kier molecular flexibility index (Phi) is 5.78. The monoisotopic (exact) mass is 402 g/mol. The molecule has 3 aromatic rings. The van der Waals surface area contributed by atoms with Crippen molar-refractivity contribution in [1.29, 1.82) is 0 Å². The average Bonchev–Trinajstić information content (AvgIpc) is 2.98. The van der Waals surface area contributed by atoms with Gasteiger partial charge in [-0.2, -0.15) is 0 Å². The van der Waals surface area contributed by atoms with Gasteiger partial charge in [0, 0.05) is 17.6 Å². The van der Waals surface area contributed by atoms with E-state index in [2.05, 4.69) is 16.9 Å². The van der Waals surface area contributed by atoms with Gasteiger partial charge in [0.25, 0.3) is 5.69 Å². The zero-order chi connectivity index (χ0) is 19.4. The summed E-state index contributed by atoms with van der Waals surface area (Å²) in [5.41, 5.74) is 1.63. The van der Waals surface area contributed by atoms with Crippen LogP contribution in [0.4, 0.5) is 11.4 Å². The van der Waals surface area contributed by atoms with E-state index in [0.717, 1.165) is 11.0 Å². The highest BCUT2D eigenvalue weighted by molar-refractivity contribution is 7.99. The number of nitro groups is 1. The van der Waals surface area contributed by atoms with E-state index in [1.807, 2.05) is 28.8 Å². The number of carbonyl (C=O) groups excluding carboxylic acids is 1. The predicted molar refractivity (Wildman–Crippen MR) is 107 cm³/mol. The van der Waals surface area contributed by atoms with Crippen LogP contribution in [0.1, 0.15) is 0 Å². The second-order valence-electron chi connectivity index (χ2n) is 5.54. The van der Waals surface area contributed by atoms with Crippen LogP contribution in [-0.4, -0.2) is 26.1 Å². The molecule has 7 nitrogen and oxygen atoms in total. The molecule has 0 aliphatic carbocycles. The van der Waals surface area contributed by atoms with Gasteiger partial charge in [0.1, 0.15) is 5.69 Å². The van der Waals surface area contributed by atoms with Gasteiger partial charge in [-0.25, -0.2) is 4.98 Å². The lowest BCUT2D eigenvalue weighted by Crippen LogP contribution is -2.15. The van der Waals surface area contributed by atoms with Crippen LogP contribution in [0.2, 0.25) is 5.02 Å². The molecule has 0 atom stereocenters. The van der Waals surface area contributed by atoms with E-state index >= 15 is 0 Å². The second-order valence-corrected chi connectivity index (χ2v) is 6.92. The standard InChI is InChI=1S/C18H15ClN4O3S/c1-2-9-22-15-6-4-3-5-13(15)21-18(22)27-11-17(24)20-14-10-12(19)7-8-16(14)23(25)26/h2-8,10H,1,9,11H2,(H,20,24). The van der Waals surface area contributed by atoms with Crippen LogP contribution in [0.5, 0.6) is 0 Å². The Morgan fingerprint density at radius 3 is 2.89 bits per heavy atom. The van der Waals surface area contributed by atoms with Gasteiger partial charge in [-0.15, -0.1) is 6.58 Å². The summed E-state index contributed by atoms with van der Waals surface area (Å²) in [4.78, 5) is 27.4. The number of allylic oxidation sites excluding steroid dienone is 1. The third-order valence-electron chi connectivity index (χ3n) is 3.69. The fourth-order valence-corrected chi connectivity index (χ4v) is 3.55. The number of para-hydroxylation sites is 2. The molecule has 1 N–H and O–H groups in total. The minimum Gasteiger partial charge on any atom is -0.320 e. The molecule has 0 aliphatic rings. The minimum atomic E-state index is -0.567. The van der Waals surface area contributed by atoms with E-state index < -0.39 is 4.92 Å². The predicted octanol–water partition coefficient (Wildman–Crippen LogP) is 4.51. The second kappa shape index (κ2) is 8.24. The first-order chi connectivity index (χ1) is 13.0. The molecule has 1 amide bonds. The SMILES string of the molecule is C=CCn1c(SCC(=O)Nc2cc(Cl)ccc2[N+](=O)[O-])nc2ccccc21. The van der Waals surface area contributed by atoms with Crippen LogP contribution in [0.3, 0.4) is 0 Å². The van der Waals surface area contributed by atoms with Crippen LogP contribution < -0.4 is 5.32 Å². The van der Waals surface area contributed by atoms with Crippen molar-refractivity contribution >= 4 is 51.7 Å². The maximum absolute atomic E-state index is 12.3. The molecule has 0 radical (unpaired) electrons. The number of carbonyl (C=O) groups is 1. The molecule has 0 aliphatic heterocycles. The van der Waals surface area contributed by atoms with Crippen molar-refractivity contribution in [3.8, 4) is 0 Å². The van der Waals surface area contributed by atoms with Gasteiger partial charge < -0.3 is 9.88 Å². The summed E-state index contributed by atoms with van der Waals surface area (Å²) in [5.74, 6) is -0.341. The molecule has 0 saturated heterocycles. The Labute approximate surface area is 164 Å². The molecule has 1 heterocycles. The van der Waals surface area contributed by atoms with Crippen LogP contribution in [0.25, 0.3) is 11.0 Å². The highest BCUT2D eigenvalue weighted by Gasteiger charge is 2.17. The number of rotatable bonds is 7. The molecule has 2 aromatic carbocycles. The van der Waals surface area contributed by atoms with Crippen molar-refractivity contribution in [2.45, 2.75) is 11.7 Å². The van der Waals surface area contributed by atoms with Crippen LogP contribution in [-0.2, 0) is 11.3 Å². The number of aromatic nitrogens is 2. The summed E-state index contributed by atoms with van der Waals surface area (Å²) < 4.78 is 1.96. The van der Waals surface area contributed by atoms with Gasteiger partial charge in [-0.1, -0.05) is 41.6 Å². The lowest BCUT2D eigenvalue weighted by atomic mass is 10.2. The third-order valence-corrected chi connectivity index (χ3v) is 4.90. The maximum atomic E-state index is 12.3. The van der Waals surface area contributed by atoms with Crippen molar-refractivity contribution in [1.82, 2.24) is 9.55 Å². The number of fused-ring (bicyclic) bond motifs is 1. The lowest BCUT2D eigenvalue weighted by molar-refractivity contribution is -0.383. The van der Waals surface area contributed by atoms with Gasteiger partial charge in [0.2, 0.25) is 5.91 Å². The Morgan fingerprint density at radius 2 is 2.15 bits per heavy atom. The topological polar surface area (TPSA) is 90.1 Å². The number of nitrogens with one attached hydrogen (secondary N) is 1. The number of benzene rings is 2. The maximum Gasteiger partial charge on any atom is 0.292 e. The molecule has 3 rings (SSSR count). The molecule has 0 saturated carbocycles. The Morgan fingerprint density at radius 1 is 1.37 bits per heavy atom. The summed E-state index contributed by atoms with van der Waals surface area (Å²) in [7, 11) is 0. The Bertz CT molecular complexity index is 1030. The summed E-state index contributed by atoms with van der Waals surface area (Å²) in [6, 6.07) is 11.7. The molecule has 1 aromatic heterocycles. The van der Waals surface area contributed by atoms with E-state index in [4.69, 9.17) is 11.6 Å². The number of hydrogen-bond acceptors (Lipinski definition) is 5. The smallest absolute Gasteiger partial charge is 0.292 e. The normalized spacial score (nSPS) is 10.7. The van der Waals surface area contributed by atoms with Crippen molar-refractivity contribution in [3.05, 3.63) is 70.3 Å². The lowest BCUT2D eigenvalue weighted by Gasteiger charge is -2.08. The quantitative estimate of drug-likeness (QED) is 0.271. The summed E-state index contributed by atoms with van der Waals surface area (Å²) in [6.45, 7) is 4.32. The van der Waals surface area contributed by atoms with Crippen LogP contribution in [0.15, 0.2) is 60.3 Å². The first-order valence-corrected chi connectivity index (χ1v) is 9.28. The van der Waals surface area contributed by atoms with Crippen LogP contribution in [0, 0.1) is 10.1 Å². The van der Waals surface area contributed by atoms with Crippen molar-refractivity contribution < 1.29 is 9.72 Å². The van der Waals surface area contributed by atoms with Gasteiger partial charge >= 0.3 is 0 Å². The van der Waals surface area contributed by atoms with Crippen molar-refractivity contribution in [2.24, 2.45) is 0 Å². The van der Waals surface area contributed by atoms with E-state index in [1.165, 1.54) is 30.0 Å². The number of amides is 1. The van der Waals surface area contributed by atoms with Gasteiger partial charge in [-0.3, -0.25) is 14.9 Å². The molecule has 0 spiro atoms.